The quantitative estimate of drug-likeness (QED) is 0.768. The number of benzene rings is 1. The van der Waals surface area contributed by atoms with E-state index in [0.717, 1.165) is 41.2 Å². The molecule has 1 N–H and O–H groups in total. The summed E-state index contributed by atoms with van der Waals surface area (Å²) in [5.74, 6) is -0.251. The molecule has 5 rings (SSSR count). The average Bonchev–Trinajstić information content (AvgIpc) is 3.37. The molecule has 3 aromatic rings. The third-order valence-electron chi connectivity index (χ3n) is 4.98. The zero-order valence-electron chi connectivity index (χ0n) is 14.6. The van der Waals surface area contributed by atoms with Crippen LogP contribution in [0.25, 0.3) is 28.5 Å². The normalized spacial score (nSPS) is 17.8. The summed E-state index contributed by atoms with van der Waals surface area (Å²) < 4.78 is 15.5. The first-order chi connectivity index (χ1) is 13.3. The third-order valence-corrected chi connectivity index (χ3v) is 4.98. The summed E-state index contributed by atoms with van der Waals surface area (Å²) in [6, 6.07) is 10.5. The van der Waals surface area contributed by atoms with E-state index in [2.05, 4.69) is 38.2 Å². The minimum Gasteiger partial charge on any atom is -0.372 e. The van der Waals surface area contributed by atoms with E-state index < -0.39 is 0 Å². The van der Waals surface area contributed by atoms with E-state index in [1.807, 2.05) is 18.3 Å². The first kappa shape index (κ1) is 15.8. The highest BCUT2D eigenvalue weighted by molar-refractivity contribution is 5.86. The Kier molecular flexibility index (Phi) is 3.74. The summed E-state index contributed by atoms with van der Waals surface area (Å²) in [5.41, 5.74) is 4.89. The van der Waals surface area contributed by atoms with Crippen LogP contribution in [0, 0.1) is 5.82 Å². The Morgan fingerprint density at radius 1 is 1.04 bits per heavy atom. The van der Waals surface area contributed by atoms with Gasteiger partial charge >= 0.3 is 0 Å². The minimum absolute atomic E-state index is 0.103. The van der Waals surface area contributed by atoms with E-state index >= 15 is 0 Å². The summed E-state index contributed by atoms with van der Waals surface area (Å²) in [6.07, 6.45) is 12.9. The van der Waals surface area contributed by atoms with Crippen molar-refractivity contribution < 1.29 is 4.39 Å². The predicted octanol–water partition coefficient (Wildman–Crippen LogP) is 4.00. The molecule has 5 nitrogen and oxygen atoms in total. The van der Waals surface area contributed by atoms with Crippen molar-refractivity contribution in [1.82, 2.24) is 25.0 Å². The van der Waals surface area contributed by atoms with Crippen LogP contribution in [0.5, 0.6) is 0 Å². The molecule has 0 amide bonds. The Labute approximate surface area is 156 Å². The van der Waals surface area contributed by atoms with E-state index in [1.54, 1.807) is 24.5 Å². The maximum Gasteiger partial charge on any atom is 0.128 e. The number of pyridine rings is 1. The zero-order valence-corrected chi connectivity index (χ0v) is 14.6. The van der Waals surface area contributed by atoms with Crippen molar-refractivity contribution in [1.29, 1.82) is 0 Å². The molecule has 4 heterocycles. The van der Waals surface area contributed by atoms with Gasteiger partial charge in [0.15, 0.2) is 0 Å². The van der Waals surface area contributed by atoms with Gasteiger partial charge in [-0.15, -0.1) is 0 Å². The molecule has 0 radical (unpaired) electrons. The Morgan fingerprint density at radius 2 is 1.85 bits per heavy atom. The molecule has 1 aromatic carbocycles. The van der Waals surface area contributed by atoms with Crippen LogP contribution in [-0.4, -0.2) is 26.3 Å². The van der Waals surface area contributed by atoms with Crippen molar-refractivity contribution in [3.63, 3.8) is 0 Å². The van der Waals surface area contributed by atoms with Crippen LogP contribution in [0.3, 0.4) is 0 Å². The maximum atomic E-state index is 13.5. The van der Waals surface area contributed by atoms with Gasteiger partial charge in [-0.1, -0.05) is 6.08 Å². The van der Waals surface area contributed by atoms with Crippen molar-refractivity contribution in [3.8, 4) is 22.4 Å². The van der Waals surface area contributed by atoms with E-state index in [4.69, 9.17) is 5.10 Å². The molecule has 0 spiro atoms. The summed E-state index contributed by atoms with van der Waals surface area (Å²) in [7, 11) is 0. The van der Waals surface area contributed by atoms with Crippen LogP contribution in [0.4, 0.5) is 4.39 Å². The summed E-state index contributed by atoms with van der Waals surface area (Å²) in [5, 5.41) is 8.19. The monoisotopic (exact) mass is 359 g/mol. The Morgan fingerprint density at radius 3 is 2.59 bits per heavy atom. The number of hydrogen-bond donors (Lipinski definition) is 1. The topological polar surface area (TPSA) is 46.0 Å². The Balaban J connectivity index is 1.72. The van der Waals surface area contributed by atoms with Crippen LogP contribution in [0.1, 0.15) is 18.3 Å². The van der Waals surface area contributed by atoms with Crippen molar-refractivity contribution in [2.24, 2.45) is 0 Å². The summed E-state index contributed by atoms with van der Waals surface area (Å²) >= 11 is 0. The van der Waals surface area contributed by atoms with E-state index in [1.165, 1.54) is 12.1 Å². The van der Waals surface area contributed by atoms with Crippen molar-refractivity contribution in [3.05, 3.63) is 78.8 Å². The van der Waals surface area contributed by atoms with Crippen LogP contribution in [0.2, 0.25) is 0 Å². The molecular formula is C21H18FN5. The van der Waals surface area contributed by atoms with Gasteiger partial charge in [-0.25, -0.2) is 9.07 Å². The second-order valence-corrected chi connectivity index (χ2v) is 6.61. The molecule has 27 heavy (non-hydrogen) atoms. The molecular weight excluding hydrogens is 341 g/mol. The van der Waals surface area contributed by atoms with Gasteiger partial charge in [0.1, 0.15) is 17.7 Å². The van der Waals surface area contributed by atoms with Crippen LogP contribution in [0.15, 0.2) is 67.3 Å². The number of halogens is 1. The molecule has 0 saturated carbocycles. The molecule has 2 aliphatic rings. The second kappa shape index (κ2) is 6.39. The fourth-order valence-electron chi connectivity index (χ4n) is 3.69. The van der Waals surface area contributed by atoms with Crippen molar-refractivity contribution in [2.75, 3.05) is 6.67 Å². The number of fused-ring (bicyclic) bond motifs is 1. The third kappa shape index (κ3) is 2.70. The Bertz CT molecular complexity index is 1020. The van der Waals surface area contributed by atoms with Gasteiger partial charge in [0.25, 0.3) is 0 Å². The summed E-state index contributed by atoms with van der Waals surface area (Å²) in [6.45, 7) is 0.758. The van der Waals surface area contributed by atoms with Gasteiger partial charge in [0.2, 0.25) is 0 Å². The highest BCUT2D eigenvalue weighted by Crippen LogP contribution is 2.39. The maximum absolute atomic E-state index is 13.5. The number of nitrogens with one attached hydrogen (secondary N) is 1. The molecule has 0 bridgehead atoms. The van der Waals surface area contributed by atoms with Crippen LogP contribution >= 0.6 is 0 Å². The lowest BCUT2D eigenvalue weighted by atomic mass is 9.98. The van der Waals surface area contributed by atoms with Gasteiger partial charge in [-0.2, -0.15) is 5.10 Å². The molecule has 0 saturated heterocycles. The van der Waals surface area contributed by atoms with E-state index in [-0.39, 0.29) is 12.0 Å². The minimum atomic E-state index is -0.251. The smallest absolute Gasteiger partial charge is 0.128 e. The summed E-state index contributed by atoms with van der Waals surface area (Å²) in [4.78, 5) is 6.37. The molecule has 1 unspecified atom stereocenters. The molecule has 2 aliphatic heterocycles. The Hall–Kier alpha value is -3.41. The lowest BCUT2D eigenvalue weighted by molar-refractivity contribution is 0.196. The fourth-order valence-corrected chi connectivity index (χ4v) is 3.69. The average molecular weight is 359 g/mol. The SMILES string of the molecule is Fc1ccc(-c2nn3c(c2-c2ccncc2)C=CCC3N2C=CNC2)cc1. The predicted molar refractivity (Wildman–Crippen MR) is 103 cm³/mol. The molecule has 2 aromatic heterocycles. The highest BCUT2D eigenvalue weighted by atomic mass is 19.1. The number of aromatic nitrogens is 3. The van der Waals surface area contributed by atoms with Crippen LogP contribution < -0.4 is 5.32 Å². The first-order valence-corrected chi connectivity index (χ1v) is 8.92. The highest BCUT2D eigenvalue weighted by Gasteiger charge is 2.28. The molecule has 0 aliphatic carbocycles. The molecule has 134 valence electrons. The van der Waals surface area contributed by atoms with Gasteiger partial charge in [0.05, 0.1) is 12.4 Å². The largest absolute Gasteiger partial charge is 0.372 e. The first-order valence-electron chi connectivity index (χ1n) is 8.92. The standard InChI is InChI=1S/C21H18FN5/c22-17-6-4-16(5-7-17)21-20(15-8-10-23-11-9-15)18-2-1-3-19(27(18)25-21)26-13-12-24-14-26/h1-2,4-13,19,24H,3,14H2. The van der Waals surface area contributed by atoms with Gasteiger partial charge < -0.3 is 10.2 Å². The number of rotatable bonds is 3. The van der Waals surface area contributed by atoms with Crippen LogP contribution in [-0.2, 0) is 0 Å². The van der Waals surface area contributed by atoms with E-state index in [9.17, 15) is 4.39 Å². The van der Waals surface area contributed by atoms with E-state index in [0.29, 0.717) is 0 Å². The van der Waals surface area contributed by atoms with Gasteiger partial charge in [-0.05, 0) is 48.0 Å². The molecule has 1 atom stereocenters. The van der Waals surface area contributed by atoms with Gasteiger partial charge in [0, 0.05) is 42.3 Å². The lowest BCUT2D eigenvalue weighted by Crippen LogP contribution is -2.32. The second-order valence-electron chi connectivity index (χ2n) is 6.61. The number of nitrogens with zero attached hydrogens (tertiary/aromatic N) is 4. The van der Waals surface area contributed by atoms with Crippen molar-refractivity contribution in [2.45, 2.75) is 12.6 Å². The van der Waals surface area contributed by atoms with Crippen molar-refractivity contribution >= 4 is 6.08 Å². The number of hydrogen-bond acceptors (Lipinski definition) is 4. The lowest BCUT2D eigenvalue weighted by Gasteiger charge is -2.30. The fraction of sp³-hybridized carbons (Fsp3) is 0.143. The zero-order chi connectivity index (χ0) is 18.2. The molecule has 0 fully saturated rings. The van der Waals surface area contributed by atoms with Gasteiger partial charge in [-0.3, -0.25) is 4.98 Å². The molecule has 6 heteroatoms.